The lowest BCUT2D eigenvalue weighted by atomic mass is 9.66. The summed E-state index contributed by atoms with van der Waals surface area (Å²) in [6, 6.07) is 16.0. The molecule has 2 atom stereocenters. The summed E-state index contributed by atoms with van der Waals surface area (Å²) in [6.07, 6.45) is 0.301. The van der Waals surface area contributed by atoms with E-state index in [1.54, 1.807) is 12.1 Å². The molecular formula is C31H32F2N2O7. The maximum absolute atomic E-state index is 14.1. The Morgan fingerprint density at radius 2 is 1.45 bits per heavy atom. The van der Waals surface area contributed by atoms with Crippen LogP contribution in [0.15, 0.2) is 48.5 Å². The van der Waals surface area contributed by atoms with Gasteiger partial charge in [0.2, 0.25) is 0 Å². The lowest BCUT2D eigenvalue weighted by molar-refractivity contribution is -0.151. The summed E-state index contributed by atoms with van der Waals surface area (Å²) in [4.78, 5) is 46.2. The van der Waals surface area contributed by atoms with E-state index in [-0.39, 0.29) is 61.9 Å². The molecule has 2 aromatic rings. The molecule has 0 N–H and O–H groups in total. The van der Waals surface area contributed by atoms with Crippen LogP contribution in [-0.4, -0.2) is 45.0 Å². The number of Topliss-reactive ketones (excluding diaryl/α,β-unsaturated/α-hetero) is 1. The van der Waals surface area contributed by atoms with Crippen LogP contribution in [0.2, 0.25) is 0 Å². The first-order valence-electron chi connectivity index (χ1n) is 13.1. The fourth-order valence-electron chi connectivity index (χ4n) is 4.94. The van der Waals surface area contributed by atoms with Gasteiger partial charge in [0.1, 0.15) is 23.3 Å². The summed E-state index contributed by atoms with van der Waals surface area (Å²) in [5.41, 5.74) is -2.03. The number of carbonyl (C=O) groups excluding carboxylic acids is 4. The zero-order valence-corrected chi connectivity index (χ0v) is 23.7. The summed E-state index contributed by atoms with van der Waals surface area (Å²) in [5.74, 6) is -3.92. The lowest BCUT2D eigenvalue weighted by Gasteiger charge is -2.34. The van der Waals surface area contributed by atoms with Crippen molar-refractivity contribution in [3.63, 3.8) is 0 Å². The SMILES string of the molecule is COC(=O)C1CC(C#N)(c2ccccc2F)CCC1=O.COC(=O)CCC(C#N)(CCC(=O)OC)c1ccccc1F. The zero-order chi connectivity index (χ0) is 31.3. The molecule has 0 saturated heterocycles. The number of esters is 3. The third kappa shape index (κ3) is 7.97. The van der Waals surface area contributed by atoms with Gasteiger partial charge in [0.05, 0.1) is 44.3 Å². The predicted molar refractivity (Wildman–Crippen MR) is 144 cm³/mol. The molecule has 1 aliphatic rings. The Labute approximate surface area is 243 Å². The van der Waals surface area contributed by atoms with Crippen molar-refractivity contribution in [2.24, 2.45) is 5.92 Å². The molecule has 0 heterocycles. The Bertz CT molecular complexity index is 1350. The number of rotatable bonds is 9. The number of nitriles is 2. The lowest BCUT2D eigenvalue weighted by Crippen LogP contribution is -2.40. The second kappa shape index (κ2) is 15.4. The first-order chi connectivity index (χ1) is 20.0. The molecule has 9 nitrogen and oxygen atoms in total. The molecule has 0 spiro atoms. The third-order valence-electron chi connectivity index (χ3n) is 7.40. The second-order valence-electron chi connectivity index (χ2n) is 9.75. The van der Waals surface area contributed by atoms with Crippen LogP contribution in [0.5, 0.6) is 0 Å². The van der Waals surface area contributed by atoms with E-state index in [0.29, 0.717) is 0 Å². The first kappa shape index (κ1) is 33.6. The molecule has 2 unspecified atom stereocenters. The number of nitrogens with zero attached hydrogens (tertiary/aromatic N) is 2. The Balaban J connectivity index is 0.000000294. The van der Waals surface area contributed by atoms with E-state index in [1.165, 1.54) is 57.7 Å². The highest BCUT2D eigenvalue weighted by Crippen LogP contribution is 2.41. The number of hydrogen-bond acceptors (Lipinski definition) is 9. The molecule has 1 fully saturated rings. The highest BCUT2D eigenvalue weighted by Gasteiger charge is 2.46. The average molecular weight is 583 g/mol. The molecular weight excluding hydrogens is 550 g/mol. The van der Waals surface area contributed by atoms with Gasteiger partial charge in [-0.15, -0.1) is 0 Å². The summed E-state index contributed by atoms with van der Waals surface area (Å²) < 4.78 is 41.8. The summed E-state index contributed by atoms with van der Waals surface area (Å²) in [5, 5.41) is 19.1. The topological polar surface area (TPSA) is 144 Å². The van der Waals surface area contributed by atoms with Crippen molar-refractivity contribution in [2.45, 2.75) is 55.8 Å². The fraction of sp³-hybridized carbons (Fsp3) is 0.419. The minimum absolute atomic E-state index is 0.0318. The maximum Gasteiger partial charge on any atom is 0.316 e. The number of ketones is 1. The number of halogens is 2. The van der Waals surface area contributed by atoms with Crippen molar-refractivity contribution in [3.05, 3.63) is 71.3 Å². The Morgan fingerprint density at radius 1 is 0.905 bits per heavy atom. The van der Waals surface area contributed by atoms with Crippen LogP contribution in [0, 0.1) is 40.2 Å². The Hall–Kier alpha value is -4.64. The highest BCUT2D eigenvalue weighted by atomic mass is 19.1. The van der Waals surface area contributed by atoms with Crippen molar-refractivity contribution in [1.82, 2.24) is 0 Å². The largest absolute Gasteiger partial charge is 0.469 e. The van der Waals surface area contributed by atoms with Gasteiger partial charge < -0.3 is 14.2 Å². The molecule has 222 valence electrons. The third-order valence-corrected chi connectivity index (χ3v) is 7.40. The van der Waals surface area contributed by atoms with E-state index in [2.05, 4.69) is 26.3 Å². The quantitative estimate of drug-likeness (QED) is 0.235. The number of benzene rings is 2. The summed E-state index contributed by atoms with van der Waals surface area (Å²) in [7, 11) is 3.68. The Morgan fingerprint density at radius 3 is 1.93 bits per heavy atom. The number of methoxy groups -OCH3 is 3. The van der Waals surface area contributed by atoms with Crippen molar-refractivity contribution < 1.29 is 42.2 Å². The first-order valence-corrected chi connectivity index (χ1v) is 13.1. The van der Waals surface area contributed by atoms with Gasteiger partial charge >= 0.3 is 17.9 Å². The normalized spacial score (nSPS) is 17.9. The minimum atomic E-state index is -1.28. The molecule has 11 heteroatoms. The highest BCUT2D eigenvalue weighted by molar-refractivity contribution is 6.00. The van der Waals surface area contributed by atoms with Gasteiger partial charge in [0.25, 0.3) is 0 Å². The van der Waals surface area contributed by atoms with Gasteiger partial charge in [-0.2, -0.15) is 10.5 Å². The molecule has 1 aliphatic carbocycles. The van der Waals surface area contributed by atoms with E-state index < -0.39 is 46.3 Å². The van der Waals surface area contributed by atoms with Crippen LogP contribution in [-0.2, 0) is 44.2 Å². The zero-order valence-electron chi connectivity index (χ0n) is 23.7. The average Bonchev–Trinajstić information content (AvgIpc) is 3.02. The summed E-state index contributed by atoms with van der Waals surface area (Å²) >= 11 is 0. The van der Waals surface area contributed by atoms with E-state index in [4.69, 9.17) is 0 Å². The van der Waals surface area contributed by atoms with Crippen LogP contribution < -0.4 is 0 Å². The van der Waals surface area contributed by atoms with E-state index >= 15 is 0 Å². The van der Waals surface area contributed by atoms with Gasteiger partial charge in [-0.1, -0.05) is 36.4 Å². The molecule has 42 heavy (non-hydrogen) atoms. The molecule has 0 aliphatic heterocycles. The fourth-order valence-corrected chi connectivity index (χ4v) is 4.94. The molecule has 2 aromatic carbocycles. The number of carbonyl (C=O) groups is 4. The molecule has 0 radical (unpaired) electrons. The van der Waals surface area contributed by atoms with Gasteiger partial charge in [0, 0.05) is 30.4 Å². The molecule has 3 rings (SSSR count). The van der Waals surface area contributed by atoms with Crippen LogP contribution in [0.4, 0.5) is 8.78 Å². The van der Waals surface area contributed by atoms with Crippen LogP contribution in [0.25, 0.3) is 0 Å². The standard InChI is InChI=1S/C16H18FNO4.C15H14FNO3/c1-21-14(19)7-9-16(11-18,10-8-15(20)22-2)12-5-3-4-6-13(12)17;1-20-14(19)10-8-15(9-17,7-6-13(10)18)11-4-2-3-5-12(11)16/h3-6H,7-10H2,1-2H3;2-5,10H,6-8H2,1H3. The van der Waals surface area contributed by atoms with E-state index in [9.17, 15) is 38.5 Å². The monoisotopic (exact) mass is 582 g/mol. The molecule has 0 amide bonds. The van der Waals surface area contributed by atoms with Crippen molar-refractivity contribution >= 4 is 23.7 Å². The van der Waals surface area contributed by atoms with Crippen LogP contribution in [0.3, 0.4) is 0 Å². The van der Waals surface area contributed by atoms with Crippen molar-refractivity contribution in [1.29, 1.82) is 10.5 Å². The molecule has 0 aromatic heterocycles. The van der Waals surface area contributed by atoms with Gasteiger partial charge in [-0.3, -0.25) is 19.2 Å². The van der Waals surface area contributed by atoms with Crippen molar-refractivity contribution in [3.8, 4) is 12.1 Å². The smallest absolute Gasteiger partial charge is 0.316 e. The van der Waals surface area contributed by atoms with Crippen molar-refractivity contribution in [2.75, 3.05) is 21.3 Å². The second-order valence-corrected chi connectivity index (χ2v) is 9.75. The minimum Gasteiger partial charge on any atom is -0.469 e. The van der Waals surface area contributed by atoms with E-state index in [1.807, 2.05) is 0 Å². The van der Waals surface area contributed by atoms with Crippen LogP contribution >= 0.6 is 0 Å². The predicted octanol–water partition coefficient (Wildman–Crippen LogP) is 4.62. The Kier molecular flexibility index (Phi) is 12.3. The maximum atomic E-state index is 14.1. The number of hydrogen-bond donors (Lipinski definition) is 0. The van der Waals surface area contributed by atoms with Crippen LogP contribution in [0.1, 0.15) is 56.1 Å². The summed E-state index contributed by atoms with van der Waals surface area (Å²) in [6.45, 7) is 0. The van der Waals surface area contributed by atoms with Gasteiger partial charge in [0.15, 0.2) is 0 Å². The number of ether oxygens (including phenoxy) is 3. The van der Waals surface area contributed by atoms with Gasteiger partial charge in [-0.25, -0.2) is 8.78 Å². The molecule has 1 saturated carbocycles. The van der Waals surface area contributed by atoms with Gasteiger partial charge in [-0.05, 0) is 37.8 Å². The molecule has 0 bridgehead atoms. The van der Waals surface area contributed by atoms with E-state index in [0.717, 1.165) is 0 Å².